The van der Waals surface area contributed by atoms with Gasteiger partial charge in [0.1, 0.15) is 5.54 Å². The van der Waals surface area contributed by atoms with Gasteiger partial charge in [-0.3, -0.25) is 9.59 Å². The molecule has 1 heterocycles. The molecular weight excluding hydrogens is 316 g/mol. The van der Waals surface area contributed by atoms with Crippen LogP contribution in [0.2, 0.25) is 0 Å². The van der Waals surface area contributed by atoms with Gasteiger partial charge in [-0.2, -0.15) is 0 Å². The summed E-state index contributed by atoms with van der Waals surface area (Å²) in [5.74, 6) is -0.0311. The highest BCUT2D eigenvalue weighted by molar-refractivity contribution is 5.94. The molecule has 0 radical (unpaired) electrons. The van der Waals surface area contributed by atoms with Crippen molar-refractivity contribution in [1.29, 1.82) is 0 Å². The van der Waals surface area contributed by atoms with E-state index in [-0.39, 0.29) is 17.9 Å². The van der Waals surface area contributed by atoms with Crippen molar-refractivity contribution in [3.63, 3.8) is 0 Å². The summed E-state index contributed by atoms with van der Waals surface area (Å²) in [5, 5.41) is 2.97. The topological polar surface area (TPSA) is 58.6 Å². The zero-order valence-corrected chi connectivity index (χ0v) is 15.8. The molecule has 1 atom stereocenters. The summed E-state index contributed by atoms with van der Waals surface area (Å²) < 4.78 is 5.49. The summed E-state index contributed by atoms with van der Waals surface area (Å²) in [4.78, 5) is 26.8. The van der Waals surface area contributed by atoms with Crippen molar-refractivity contribution in [3.8, 4) is 0 Å². The molecule has 5 heteroatoms. The van der Waals surface area contributed by atoms with E-state index in [0.717, 1.165) is 12.0 Å². The average Bonchev–Trinajstić information content (AvgIpc) is 2.85. The minimum absolute atomic E-state index is 0.0429. The van der Waals surface area contributed by atoms with Crippen LogP contribution in [0.1, 0.15) is 51.2 Å². The molecule has 1 unspecified atom stereocenters. The number of carbonyl (C=O) groups excluding carboxylic acids is 2. The predicted molar refractivity (Wildman–Crippen MR) is 98.1 cm³/mol. The maximum absolute atomic E-state index is 12.7. The van der Waals surface area contributed by atoms with Gasteiger partial charge in [0.05, 0.1) is 6.10 Å². The van der Waals surface area contributed by atoms with E-state index in [9.17, 15) is 9.59 Å². The van der Waals surface area contributed by atoms with E-state index in [4.69, 9.17) is 4.74 Å². The molecule has 1 saturated heterocycles. The Morgan fingerprint density at radius 3 is 2.64 bits per heavy atom. The summed E-state index contributed by atoms with van der Waals surface area (Å²) in [6, 6.07) is 8.09. The van der Waals surface area contributed by atoms with E-state index < -0.39 is 5.54 Å². The van der Waals surface area contributed by atoms with Gasteiger partial charge in [0.15, 0.2) is 0 Å². The molecule has 0 aliphatic carbocycles. The molecule has 1 aromatic rings. The van der Waals surface area contributed by atoms with Crippen molar-refractivity contribution in [1.82, 2.24) is 10.2 Å². The molecule has 5 nitrogen and oxygen atoms in total. The van der Waals surface area contributed by atoms with E-state index in [2.05, 4.69) is 5.32 Å². The molecule has 0 aromatic heterocycles. The third-order valence-electron chi connectivity index (χ3n) is 4.73. The number of benzene rings is 1. The standard InChI is InChI=1S/C20H30N2O3/c1-15(2)25-13-5-12-21-19(24)20(4)11-10-18(23)22(20)14-17-8-6-16(3)7-9-17/h6-9,15H,5,10-14H2,1-4H3,(H,21,24). The summed E-state index contributed by atoms with van der Waals surface area (Å²) >= 11 is 0. The van der Waals surface area contributed by atoms with Crippen LogP contribution < -0.4 is 5.32 Å². The molecule has 0 bridgehead atoms. The maximum Gasteiger partial charge on any atom is 0.245 e. The van der Waals surface area contributed by atoms with Gasteiger partial charge in [0.25, 0.3) is 0 Å². The fraction of sp³-hybridized carbons (Fsp3) is 0.600. The lowest BCUT2D eigenvalue weighted by molar-refractivity contribution is -0.141. The van der Waals surface area contributed by atoms with Crippen molar-refractivity contribution in [2.75, 3.05) is 13.2 Å². The lowest BCUT2D eigenvalue weighted by Crippen LogP contribution is -2.54. The Morgan fingerprint density at radius 2 is 2.00 bits per heavy atom. The van der Waals surface area contributed by atoms with Crippen LogP contribution in [0.3, 0.4) is 0 Å². The zero-order chi connectivity index (χ0) is 18.4. The van der Waals surface area contributed by atoms with Crippen molar-refractivity contribution < 1.29 is 14.3 Å². The molecular formula is C20H30N2O3. The Kier molecular flexibility index (Phi) is 6.59. The molecule has 0 spiro atoms. The minimum atomic E-state index is -0.777. The van der Waals surface area contributed by atoms with Gasteiger partial charge in [-0.25, -0.2) is 0 Å². The average molecular weight is 346 g/mol. The lowest BCUT2D eigenvalue weighted by Gasteiger charge is -2.34. The second kappa shape index (κ2) is 8.48. The number of rotatable bonds is 8. The Balaban J connectivity index is 1.95. The first-order chi connectivity index (χ1) is 11.8. The van der Waals surface area contributed by atoms with Crippen molar-refractivity contribution in [2.24, 2.45) is 0 Å². The smallest absolute Gasteiger partial charge is 0.245 e. The first-order valence-corrected chi connectivity index (χ1v) is 9.09. The van der Waals surface area contributed by atoms with Crippen LogP contribution in [0.4, 0.5) is 0 Å². The van der Waals surface area contributed by atoms with Crippen LogP contribution in [-0.4, -0.2) is 41.5 Å². The van der Waals surface area contributed by atoms with Crippen LogP contribution in [-0.2, 0) is 20.9 Å². The summed E-state index contributed by atoms with van der Waals surface area (Å²) in [5.41, 5.74) is 1.45. The van der Waals surface area contributed by atoms with Crippen LogP contribution in [0.5, 0.6) is 0 Å². The van der Waals surface area contributed by atoms with Crippen LogP contribution in [0, 0.1) is 6.92 Å². The maximum atomic E-state index is 12.7. The second-order valence-corrected chi connectivity index (χ2v) is 7.27. The summed E-state index contributed by atoms with van der Waals surface area (Å²) in [7, 11) is 0. The van der Waals surface area contributed by atoms with Crippen molar-refractivity contribution in [2.45, 2.75) is 65.1 Å². The van der Waals surface area contributed by atoms with E-state index in [0.29, 0.717) is 32.5 Å². The van der Waals surface area contributed by atoms with Crippen LogP contribution in [0.25, 0.3) is 0 Å². The van der Waals surface area contributed by atoms with Gasteiger partial charge in [-0.1, -0.05) is 29.8 Å². The highest BCUT2D eigenvalue weighted by atomic mass is 16.5. The second-order valence-electron chi connectivity index (χ2n) is 7.27. The quantitative estimate of drug-likeness (QED) is 0.737. The fourth-order valence-electron chi connectivity index (χ4n) is 3.05. The van der Waals surface area contributed by atoms with Gasteiger partial charge in [0, 0.05) is 26.1 Å². The first-order valence-electron chi connectivity index (χ1n) is 9.09. The van der Waals surface area contributed by atoms with E-state index >= 15 is 0 Å². The van der Waals surface area contributed by atoms with Crippen LogP contribution in [0.15, 0.2) is 24.3 Å². The van der Waals surface area contributed by atoms with Gasteiger partial charge in [-0.05, 0) is 46.1 Å². The third-order valence-corrected chi connectivity index (χ3v) is 4.73. The zero-order valence-electron chi connectivity index (χ0n) is 15.8. The highest BCUT2D eigenvalue weighted by Gasteiger charge is 2.46. The fourth-order valence-corrected chi connectivity index (χ4v) is 3.05. The van der Waals surface area contributed by atoms with E-state index in [1.165, 1.54) is 5.56 Å². The van der Waals surface area contributed by atoms with Gasteiger partial charge >= 0.3 is 0 Å². The third kappa shape index (κ3) is 5.05. The Bertz CT molecular complexity index is 597. The highest BCUT2D eigenvalue weighted by Crippen LogP contribution is 2.32. The number of nitrogens with zero attached hydrogens (tertiary/aromatic N) is 1. The first kappa shape index (κ1) is 19.4. The molecule has 2 rings (SSSR count). The molecule has 25 heavy (non-hydrogen) atoms. The SMILES string of the molecule is Cc1ccc(CN2C(=O)CCC2(C)C(=O)NCCCOC(C)C)cc1. The lowest BCUT2D eigenvalue weighted by atomic mass is 9.97. The number of nitrogens with one attached hydrogen (secondary N) is 1. The number of hydrogen-bond donors (Lipinski definition) is 1. The molecule has 138 valence electrons. The molecule has 1 aliphatic rings. The Labute approximate surface area is 150 Å². The molecule has 1 aromatic carbocycles. The van der Waals surface area contributed by atoms with Gasteiger partial charge in [-0.15, -0.1) is 0 Å². The van der Waals surface area contributed by atoms with E-state index in [1.807, 2.05) is 52.0 Å². The molecule has 0 saturated carbocycles. The minimum Gasteiger partial charge on any atom is -0.379 e. The Morgan fingerprint density at radius 1 is 1.32 bits per heavy atom. The monoisotopic (exact) mass is 346 g/mol. The van der Waals surface area contributed by atoms with Gasteiger partial charge in [0.2, 0.25) is 11.8 Å². The number of hydrogen-bond acceptors (Lipinski definition) is 3. The molecule has 1 aliphatic heterocycles. The molecule has 1 fully saturated rings. The predicted octanol–water partition coefficient (Wildman–Crippen LogP) is 2.81. The van der Waals surface area contributed by atoms with Crippen LogP contribution >= 0.6 is 0 Å². The summed E-state index contributed by atoms with van der Waals surface area (Å²) in [6.45, 7) is 9.55. The Hall–Kier alpha value is -1.88. The number of carbonyl (C=O) groups is 2. The van der Waals surface area contributed by atoms with E-state index in [1.54, 1.807) is 4.90 Å². The molecule has 2 amide bonds. The normalized spacial score (nSPS) is 20.4. The van der Waals surface area contributed by atoms with Gasteiger partial charge < -0.3 is 15.0 Å². The largest absolute Gasteiger partial charge is 0.379 e. The molecule has 1 N–H and O–H groups in total. The van der Waals surface area contributed by atoms with Crippen molar-refractivity contribution in [3.05, 3.63) is 35.4 Å². The number of ether oxygens (including phenoxy) is 1. The van der Waals surface area contributed by atoms with Crippen molar-refractivity contribution >= 4 is 11.8 Å². The number of amides is 2. The number of aryl methyl sites for hydroxylation is 1. The summed E-state index contributed by atoms with van der Waals surface area (Å²) in [6.07, 6.45) is 1.95. The number of likely N-dealkylation sites (tertiary alicyclic amines) is 1.